The molecule has 0 spiro atoms. The third kappa shape index (κ3) is 4.26. The molecule has 1 aromatic heterocycles. The van der Waals surface area contributed by atoms with Crippen LogP contribution in [0.4, 0.5) is 0 Å². The van der Waals surface area contributed by atoms with Gasteiger partial charge in [-0.1, -0.05) is 20.8 Å². The molecule has 0 aromatic carbocycles. The molecule has 2 rings (SSSR count). The van der Waals surface area contributed by atoms with Gasteiger partial charge in [0.2, 0.25) is 0 Å². The first kappa shape index (κ1) is 15.4. The van der Waals surface area contributed by atoms with Crippen molar-refractivity contribution in [2.24, 2.45) is 5.92 Å². The zero-order valence-electron chi connectivity index (χ0n) is 12.7. The van der Waals surface area contributed by atoms with E-state index in [9.17, 15) is 0 Å². The monoisotopic (exact) mass is 282 g/mol. The van der Waals surface area contributed by atoms with Crippen LogP contribution >= 0.6 is 0 Å². The first-order valence-corrected chi connectivity index (χ1v) is 7.50. The van der Waals surface area contributed by atoms with E-state index in [0.29, 0.717) is 25.7 Å². The molecule has 0 saturated carbocycles. The largest absolute Gasteiger partial charge is 0.376 e. The Morgan fingerprint density at radius 3 is 2.95 bits per heavy atom. The van der Waals surface area contributed by atoms with Crippen molar-refractivity contribution in [1.82, 2.24) is 20.1 Å². The van der Waals surface area contributed by atoms with Gasteiger partial charge in [-0.2, -0.15) is 5.10 Å². The summed E-state index contributed by atoms with van der Waals surface area (Å²) in [5, 5.41) is 7.81. The van der Waals surface area contributed by atoms with Gasteiger partial charge in [0.25, 0.3) is 0 Å². The summed E-state index contributed by atoms with van der Waals surface area (Å²) in [5.74, 6) is 1.57. The molecule has 1 aliphatic rings. The minimum atomic E-state index is 0.0906. The molecule has 1 fully saturated rings. The fourth-order valence-electron chi connectivity index (χ4n) is 2.48. The van der Waals surface area contributed by atoms with E-state index in [1.54, 1.807) is 6.33 Å². The lowest BCUT2D eigenvalue weighted by Crippen LogP contribution is -2.48. The predicted molar refractivity (Wildman–Crippen MR) is 76.6 cm³/mol. The fourth-order valence-corrected chi connectivity index (χ4v) is 2.48. The van der Waals surface area contributed by atoms with Gasteiger partial charge in [-0.25, -0.2) is 9.67 Å². The third-order valence-corrected chi connectivity index (χ3v) is 3.39. The number of rotatable bonds is 7. The van der Waals surface area contributed by atoms with Gasteiger partial charge >= 0.3 is 0 Å². The van der Waals surface area contributed by atoms with Crippen LogP contribution in [0.2, 0.25) is 0 Å². The highest BCUT2D eigenvalue weighted by Gasteiger charge is 2.26. The zero-order valence-corrected chi connectivity index (χ0v) is 12.7. The van der Waals surface area contributed by atoms with Crippen LogP contribution in [0, 0.1) is 5.92 Å². The van der Waals surface area contributed by atoms with E-state index in [0.717, 1.165) is 25.3 Å². The SMILES string of the molecule is CCNC(Cc1ncnn1CC(C)C)C1COCCO1. The van der Waals surface area contributed by atoms with E-state index in [4.69, 9.17) is 9.47 Å². The van der Waals surface area contributed by atoms with Crippen LogP contribution in [-0.4, -0.2) is 53.3 Å². The smallest absolute Gasteiger partial charge is 0.138 e. The summed E-state index contributed by atoms with van der Waals surface area (Å²) in [6.07, 6.45) is 2.54. The maximum Gasteiger partial charge on any atom is 0.138 e. The number of nitrogens with one attached hydrogen (secondary N) is 1. The van der Waals surface area contributed by atoms with Crippen molar-refractivity contribution in [2.45, 2.75) is 45.9 Å². The topological polar surface area (TPSA) is 61.2 Å². The van der Waals surface area contributed by atoms with Crippen molar-refractivity contribution in [3.63, 3.8) is 0 Å². The first-order valence-electron chi connectivity index (χ1n) is 7.50. The Kier molecular flexibility index (Phi) is 5.94. The molecule has 6 heteroatoms. The minimum Gasteiger partial charge on any atom is -0.376 e. The van der Waals surface area contributed by atoms with Gasteiger partial charge in [0.15, 0.2) is 0 Å². The summed E-state index contributed by atoms with van der Waals surface area (Å²) < 4.78 is 13.3. The number of ether oxygens (including phenoxy) is 2. The van der Waals surface area contributed by atoms with Gasteiger partial charge in [0.1, 0.15) is 12.2 Å². The molecular weight excluding hydrogens is 256 g/mol. The molecule has 1 aromatic rings. The van der Waals surface area contributed by atoms with Gasteiger partial charge in [0, 0.05) is 19.0 Å². The lowest BCUT2D eigenvalue weighted by atomic mass is 10.1. The number of aromatic nitrogens is 3. The van der Waals surface area contributed by atoms with E-state index < -0.39 is 0 Å². The summed E-state index contributed by atoms with van der Waals surface area (Å²) in [6, 6.07) is 0.218. The minimum absolute atomic E-state index is 0.0906. The van der Waals surface area contributed by atoms with Crippen molar-refractivity contribution in [1.29, 1.82) is 0 Å². The molecule has 0 radical (unpaired) electrons. The molecule has 20 heavy (non-hydrogen) atoms. The Labute approximate surface area is 120 Å². The van der Waals surface area contributed by atoms with Crippen LogP contribution in [0.3, 0.4) is 0 Å². The lowest BCUT2D eigenvalue weighted by Gasteiger charge is -2.30. The van der Waals surface area contributed by atoms with E-state index in [1.165, 1.54) is 0 Å². The second kappa shape index (κ2) is 7.71. The normalized spacial score (nSPS) is 21.3. The van der Waals surface area contributed by atoms with Gasteiger partial charge in [-0.15, -0.1) is 0 Å². The molecule has 2 heterocycles. The lowest BCUT2D eigenvalue weighted by molar-refractivity contribution is -0.101. The molecular formula is C14H26N4O2. The quantitative estimate of drug-likeness (QED) is 0.804. The Morgan fingerprint density at radius 1 is 1.45 bits per heavy atom. The van der Waals surface area contributed by atoms with Crippen molar-refractivity contribution in [3.05, 3.63) is 12.2 Å². The van der Waals surface area contributed by atoms with E-state index >= 15 is 0 Å². The molecule has 0 bridgehead atoms. The Morgan fingerprint density at radius 2 is 2.30 bits per heavy atom. The predicted octanol–water partition coefficient (Wildman–Crippen LogP) is 0.870. The van der Waals surface area contributed by atoms with Gasteiger partial charge < -0.3 is 14.8 Å². The maximum absolute atomic E-state index is 5.82. The molecule has 0 aliphatic carbocycles. The van der Waals surface area contributed by atoms with Crippen LogP contribution in [0.5, 0.6) is 0 Å². The number of hydrogen-bond donors (Lipinski definition) is 1. The van der Waals surface area contributed by atoms with Crippen molar-refractivity contribution in [3.8, 4) is 0 Å². The summed E-state index contributed by atoms with van der Waals surface area (Å²) in [4.78, 5) is 4.40. The summed E-state index contributed by atoms with van der Waals surface area (Å²) >= 11 is 0. The number of hydrogen-bond acceptors (Lipinski definition) is 5. The second-order valence-electron chi connectivity index (χ2n) is 5.60. The van der Waals surface area contributed by atoms with Crippen molar-refractivity contribution >= 4 is 0 Å². The fraction of sp³-hybridized carbons (Fsp3) is 0.857. The van der Waals surface area contributed by atoms with Gasteiger partial charge in [-0.3, -0.25) is 0 Å². The summed E-state index contributed by atoms with van der Waals surface area (Å²) in [5.41, 5.74) is 0. The molecule has 6 nitrogen and oxygen atoms in total. The van der Waals surface area contributed by atoms with Crippen LogP contribution in [0.25, 0.3) is 0 Å². The Balaban J connectivity index is 2.01. The molecule has 1 N–H and O–H groups in total. The second-order valence-corrected chi connectivity index (χ2v) is 5.60. The van der Waals surface area contributed by atoms with Crippen molar-refractivity contribution < 1.29 is 9.47 Å². The highest BCUT2D eigenvalue weighted by molar-refractivity contribution is 4.93. The first-order chi connectivity index (χ1) is 9.70. The van der Waals surface area contributed by atoms with Crippen LogP contribution in [-0.2, 0) is 22.4 Å². The number of likely N-dealkylation sites (N-methyl/N-ethyl adjacent to an activating group) is 1. The molecule has 114 valence electrons. The van der Waals surface area contributed by atoms with Gasteiger partial charge in [-0.05, 0) is 12.5 Å². The zero-order chi connectivity index (χ0) is 14.4. The van der Waals surface area contributed by atoms with Crippen LogP contribution in [0.1, 0.15) is 26.6 Å². The molecule has 2 unspecified atom stereocenters. The summed E-state index contributed by atoms with van der Waals surface area (Å²) in [7, 11) is 0. The van der Waals surface area contributed by atoms with Crippen LogP contribution in [0.15, 0.2) is 6.33 Å². The van der Waals surface area contributed by atoms with E-state index in [1.807, 2.05) is 4.68 Å². The highest BCUT2D eigenvalue weighted by atomic mass is 16.6. The highest BCUT2D eigenvalue weighted by Crippen LogP contribution is 2.11. The standard InChI is InChI=1S/C14H26N4O2/c1-4-15-12(13-9-19-5-6-20-13)7-14-16-10-17-18(14)8-11(2)3/h10-13,15H,4-9H2,1-3H3. The van der Waals surface area contributed by atoms with Crippen LogP contribution < -0.4 is 5.32 Å². The van der Waals surface area contributed by atoms with Gasteiger partial charge in [0.05, 0.1) is 25.9 Å². The molecule has 1 saturated heterocycles. The average Bonchev–Trinajstić information content (AvgIpc) is 2.86. The van der Waals surface area contributed by atoms with Crippen molar-refractivity contribution in [2.75, 3.05) is 26.4 Å². The molecule has 1 aliphatic heterocycles. The average molecular weight is 282 g/mol. The molecule has 2 atom stereocenters. The third-order valence-electron chi connectivity index (χ3n) is 3.39. The van der Waals surface area contributed by atoms with E-state index in [2.05, 4.69) is 36.2 Å². The van der Waals surface area contributed by atoms with E-state index in [-0.39, 0.29) is 12.1 Å². The maximum atomic E-state index is 5.82. The Hall–Kier alpha value is -0.980. The Bertz CT molecular complexity index is 388. The summed E-state index contributed by atoms with van der Waals surface area (Å²) in [6.45, 7) is 10.3. The molecule has 0 amide bonds. The number of nitrogens with zero attached hydrogens (tertiary/aromatic N) is 3.